The Hall–Kier alpha value is -0.848. The Bertz CT molecular complexity index is 212. The maximum absolute atomic E-state index is 10.2. The lowest BCUT2D eigenvalue weighted by Gasteiger charge is -1.87. The van der Waals surface area contributed by atoms with Crippen molar-refractivity contribution in [3.8, 4) is 0 Å². The highest BCUT2D eigenvalue weighted by Crippen LogP contribution is 1.92. The summed E-state index contributed by atoms with van der Waals surface area (Å²) in [5, 5.41) is 8.34. The van der Waals surface area contributed by atoms with E-state index in [-0.39, 0.29) is 22.9 Å². The summed E-state index contributed by atoms with van der Waals surface area (Å²) in [4.78, 5) is 13.8. The van der Waals surface area contributed by atoms with Crippen LogP contribution < -0.4 is 0 Å². The molecule has 52 valence electrons. The van der Waals surface area contributed by atoms with Crippen molar-refractivity contribution >= 4 is 23.3 Å². The lowest BCUT2D eigenvalue weighted by molar-refractivity contribution is 0.0696. The predicted molar refractivity (Wildman–Crippen MR) is 41.1 cm³/mol. The van der Waals surface area contributed by atoms with Crippen LogP contribution in [0.3, 0.4) is 0 Å². The molecule has 1 heterocycles. The van der Waals surface area contributed by atoms with Crippen LogP contribution in [-0.2, 0) is 0 Å². The molecule has 0 fully saturated rings. The summed E-state index contributed by atoms with van der Waals surface area (Å²) in [6.07, 6.45) is 2.84. The van der Waals surface area contributed by atoms with Crippen LogP contribution in [0.15, 0.2) is 24.5 Å². The number of hydrogen-bond donors (Lipinski definition) is 1. The fraction of sp³-hybridized carbons (Fsp3) is 0. The first kappa shape index (κ1) is 9.15. The molecule has 0 saturated heterocycles. The number of aromatic nitrogens is 1. The molecule has 4 heteroatoms. The third-order valence-corrected chi connectivity index (χ3v) is 0.908. The van der Waals surface area contributed by atoms with Crippen molar-refractivity contribution in [2.45, 2.75) is 0 Å². The Morgan fingerprint density at radius 1 is 1.60 bits per heavy atom. The number of pyridine rings is 1. The number of carboxylic acids is 1. The largest absolute Gasteiger partial charge is 0.478 e. The minimum Gasteiger partial charge on any atom is -0.478 e. The molecule has 3 nitrogen and oxygen atoms in total. The fourth-order valence-electron chi connectivity index (χ4n) is 0.489. The summed E-state index contributed by atoms with van der Waals surface area (Å²) in [5.41, 5.74) is 0.220. The van der Waals surface area contributed by atoms with Gasteiger partial charge < -0.3 is 5.11 Å². The average molecular weight is 153 g/mol. The summed E-state index contributed by atoms with van der Waals surface area (Å²) in [7, 11) is 0. The highest BCUT2D eigenvalue weighted by Gasteiger charge is 1.97. The van der Waals surface area contributed by atoms with E-state index in [0.29, 0.717) is 0 Å². The zero-order valence-electron chi connectivity index (χ0n) is 4.61. The van der Waals surface area contributed by atoms with Crippen molar-refractivity contribution < 1.29 is 9.90 Å². The fourth-order valence-corrected chi connectivity index (χ4v) is 0.489. The van der Waals surface area contributed by atoms with Gasteiger partial charge in [-0.25, -0.2) is 4.79 Å². The number of hydrogen-bond acceptors (Lipinski definition) is 2. The lowest BCUT2D eigenvalue weighted by atomic mass is 10.3. The van der Waals surface area contributed by atoms with Crippen LogP contribution in [0, 0.1) is 0 Å². The molecular formula is C6H8AlNO2. The molecule has 1 aromatic rings. The molecule has 0 aromatic carbocycles. The Morgan fingerprint density at radius 3 is 2.60 bits per heavy atom. The van der Waals surface area contributed by atoms with Crippen molar-refractivity contribution in [3.63, 3.8) is 0 Å². The molecule has 0 amide bonds. The maximum atomic E-state index is 10.2. The number of nitrogens with zero attached hydrogens (tertiary/aromatic N) is 1. The highest BCUT2D eigenvalue weighted by atomic mass is 27.0. The minimum atomic E-state index is -0.942. The zero-order chi connectivity index (χ0) is 6.69. The predicted octanol–water partition coefficient (Wildman–Crippen LogP) is -0.404. The quantitative estimate of drug-likeness (QED) is 0.558. The summed E-state index contributed by atoms with van der Waals surface area (Å²) in [6.45, 7) is 0. The van der Waals surface area contributed by atoms with Gasteiger partial charge in [-0.1, -0.05) is 0 Å². The molecule has 1 rings (SSSR count). The standard InChI is InChI=1S/C6H5NO2.Al.3H/c8-6(9)5-2-1-3-7-4-5;;;;/h1-4H,(H,8,9);;;;. The number of rotatable bonds is 1. The molecule has 0 radical (unpaired) electrons. The first-order valence-electron chi connectivity index (χ1n) is 2.44. The third kappa shape index (κ3) is 2.18. The molecule has 0 atom stereocenters. The van der Waals surface area contributed by atoms with Gasteiger partial charge in [0.2, 0.25) is 0 Å². The smallest absolute Gasteiger partial charge is 0.337 e. The molecule has 0 aliphatic heterocycles. The van der Waals surface area contributed by atoms with Gasteiger partial charge in [0, 0.05) is 12.4 Å². The molecule has 1 N–H and O–H groups in total. The molecule has 1 aromatic heterocycles. The molecule has 0 aliphatic rings. The number of aromatic carboxylic acids is 1. The minimum absolute atomic E-state index is 0. The van der Waals surface area contributed by atoms with Gasteiger partial charge in [-0.2, -0.15) is 0 Å². The molecule has 0 spiro atoms. The Morgan fingerprint density at radius 2 is 2.30 bits per heavy atom. The monoisotopic (exact) mass is 153 g/mol. The van der Waals surface area contributed by atoms with Crippen molar-refractivity contribution in [1.29, 1.82) is 0 Å². The van der Waals surface area contributed by atoms with Gasteiger partial charge in [0.05, 0.1) is 5.56 Å². The van der Waals surface area contributed by atoms with Gasteiger partial charge in [-0.15, -0.1) is 0 Å². The SMILES string of the molecule is O=C(O)c1cccnc1.[AlH3]. The zero-order valence-corrected chi connectivity index (χ0v) is 4.61. The second kappa shape index (κ2) is 4.05. The molecule has 0 aliphatic carbocycles. The normalized spacial score (nSPS) is 8.00. The van der Waals surface area contributed by atoms with Crippen LogP contribution in [0.2, 0.25) is 0 Å². The second-order valence-electron chi connectivity index (χ2n) is 1.55. The van der Waals surface area contributed by atoms with E-state index in [2.05, 4.69) is 4.98 Å². The van der Waals surface area contributed by atoms with E-state index in [1.54, 1.807) is 6.07 Å². The third-order valence-electron chi connectivity index (χ3n) is 0.908. The van der Waals surface area contributed by atoms with Gasteiger partial charge in [-0.05, 0) is 12.1 Å². The van der Waals surface area contributed by atoms with Crippen molar-refractivity contribution in [1.82, 2.24) is 4.98 Å². The van der Waals surface area contributed by atoms with E-state index < -0.39 is 5.97 Å². The van der Waals surface area contributed by atoms with Crippen molar-refractivity contribution in [2.75, 3.05) is 0 Å². The molecule has 0 unspecified atom stereocenters. The maximum Gasteiger partial charge on any atom is 0.337 e. The first-order valence-corrected chi connectivity index (χ1v) is 2.44. The molecular weight excluding hydrogens is 145 g/mol. The van der Waals surface area contributed by atoms with Crippen LogP contribution >= 0.6 is 0 Å². The van der Waals surface area contributed by atoms with Crippen LogP contribution in [0.5, 0.6) is 0 Å². The summed E-state index contributed by atoms with van der Waals surface area (Å²) >= 11 is 0. The van der Waals surface area contributed by atoms with Crippen LogP contribution in [0.25, 0.3) is 0 Å². The summed E-state index contributed by atoms with van der Waals surface area (Å²) in [5.74, 6) is -0.942. The van der Waals surface area contributed by atoms with Gasteiger partial charge >= 0.3 is 5.97 Å². The van der Waals surface area contributed by atoms with Crippen LogP contribution in [0.4, 0.5) is 0 Å². The van der Waals surface area contributed by atoms with E-state index in [1.165, 1.54) is 18.5 Å². The Labute approximate surface area is 68.8 Å². The first-order chi connectivity index (χ1) is 4.30. The molecule has 0 saturated carbocycles. The highest BCUT2D eigenvalue weighted by molar-refractivity contribution is 5.86. The summed E-state index contributed by atoms with van der Waals surface area (Å²) < 4.78 is 0. The molecule has 0 bridgehead atoms. The lowest BCUT2D eigenvalue weighted by Crippen LogP contribution is -1.94. The second-order valence-corrected chi connectivity index (χ2v) is 1.55. The summed E-state index contributed by atoms with van der Waals surface area (Å²) in [6, 6.07) is 3.08. The van der Waals surface area contributed by atoms with E-state index >= 15 is 0 Å². The van der Waals surface area contributed by atoms with E-state index in [0.717, 1.165) is 0 Å². The van der Waals surface area contributed by atoms with E-state index in [9.17, 15) is 4.79 Å². The Balaban J connectivity index is 0.000000810. The van der Waals surface area contributed by atoms with Crippen molar-refractivity contribution in [2.24, 2.45) is 0 Å². The van der Waals surface area contributed by atoms with Gasteiger partial charge in [-0.3, -0.25) is 4.98 Å². The van der Waals surface area contributed by atoms with Crippen LogP contribution in [-0.4, -0.2) is 33.4 Å². The Kier molecular flexibility index (Phi) is 3.70. The van der Waals surface area contributed by atoms with Crippen molar-refractivity contribution in [3.05, 3.63) is 30.1 Å². The van der Waals surface area contributed by atoms with Crippen LogP contribution in [0.1, 0.15) is 10.4 Å². The topological polar surface area (TPSA) is 50.2 Å². The number of carbonyl (C=O) groups is 1. The number of carboxylic acid groups (broad SMARTS) is 1. The van der Waals surface area contributed by atoms with Gasteiger partial charge in [0.25, 0.3) is 0 Å². The van der Waals surface area contributed by atoms with Gasteiger partial charge in [0.15, 0.2) is 17.4 Å². The van der Waals surface area contributed by atoms with Gasteiger partial charge in [0.1, 0.15) is 0 Å². The molecule has 10 heavy (non-hydrogen) atoms. The van der Waals surface area contributed by atoms with E-state index in [1.807, 2.05) is 0 Å². The average Bonchev–Trinajstić information content (AvgIpc) is 1.90. The van der Waals surface area contributed by atoms with E-state index in [4.69, 9.17) is 5.11 Å².